The van der Waals surface area contributed by atoms with E-state index in [1.165, 1.54) is 0 Å². The maximum Gasteiger partial charge on any atom is 0.0747 e. The minimum atomic E-state index is 0.234. The van der Waals surface area contributed by atoms with E-state index in [-0.39, 0.29) is 5.41 Å². The van der Waals surface area contributed by atoms with Gasteiger partial charge in [0, 0.05) is 13.2 Å². The van der Waals surface area contributed by atoms with Crippen molar-refractivity contribution >= 4 is 0 Å². The minimum Gasteiger partial charge on any atom is -0.376 e. The van der Waals surface area contributed by atoms with Crippen LogP contribution in [0.15, 0.2) is 0 Å². The fourth-order valence-electron chi connectivity index (χ4n) is 1.06. The zero-order chi connectivity index (χ0) is 9.61. The standard InChI is InChI=1S/C10H23NO/c1-6-7-12-9(8-11-5)10(2,3)4/h9,11H,6-8H2,1-5H3. The van der Waals surface area contributed by atoms with Crippen LogP contribution >= 0.6 is 0 Å². The van der Waals surface area contributed by atoms with Crippen molar-refractivity contribution in [3.63, 3.8) is 0 Å². The summed E-state index contributed by atoms with van der Waals surface area (Å²) in [6, 6.07) is 0. The maximum atomic E-state index is 5.73. The monoisotopic (exact) mass is 173 g/mol. The first-order valence-electron chi connectivity index (χ1n) is 4.78. The molecule has 0 rings (SSSR count). The topological polar surface area (TPSA) is 21.3 Å². The molecule has 0 amide bonds. The summed E-state index contributed by atoms with van der Waals surface area (Å²) >= 11 is 0. The van der Waals surface area contributed by atoms with Crippen molar-refractivity contribution in [3.05, 3.63) is 0 Å². The Labute approximate surface area is 76.7 Å². The molecule has 1 N–H and O–H groups in total. The maximum absolute atomic E-state index is 5.73. The predicted molar refractivity (Wildman–Crippen MR) is 53.4 cm³/mol. The lowest BCUT2D eigenvalue weighted by atomic mass is 9.89. The first kappa shape index (κ1) is 11.9. The summed E-state index contributed by atoms with van der Waals surface area (Å²) in [7, 11) is 1.97. The Morgan fingerprint density at radius 3 is 2.25 bits per heavy atom. The average Bonchev–Trinajstić information content (AvgIpc) is 1.95. The highest BCUT2D eigenvalue weighted by Crippen LogP contribution is 2.21. The molecular formula is C10H23NO. The third-order valence-corrected chi connectivity index (χ3v) is 1.88. The van der Waals surface area contributed by atoms with Crippen LogP contribution in [-0.4, -0.2) is 26.3 Å². The summed E-state index contributed by atoms with van der Waals surface area (Å²) in [4.78, 5) is 0. The highest BCUT2D eigenvalue weighted by Gasteiger charge is 2.23. The largest absolute Gasteiger partial charge is 0.376 e. The number of nitrogens with one attached hydrogen (secondary N) is 1. The van der Waals surface area contributed by atoms with Gasteiger partial charge in [-0.25, -0.2) is 0 Å². The van der Waals surface area contributed by atoms with Gasteiger partial charge >= 0.3 is 0 Å². The Morgan fingerprint density at radius 1 is 1.33 bits per heavy atom. The molecule has 0 aromatic rings. The Morgan fingerprint density at radius 2 is 1.92 bits per heavy atom. The van der Waals surface area contributed by atoms with Crippen LogP contribution in [0.1, 0.15) is 34.1 Å². The van der Waals surface area contributed by atoms with Crippen LogP contribution in [0.2, 0.25) is 0 Å². The van der Waals surface area contributed by atoms with Gasteiger partial charge in [-0.05, 0) is 18.9 Å². The van der Waals surface area contributed by atoms with Crippen LogP contribution in [0, 0.1) is 5.41 Å². The van der Waals surface area contributed by atoms with Gasteiger partial charge in [-0.3, -0.25) is 0 Å². The molecule has 1 unspecified atom stereocenters. The van der Waals surface area contributed by atoms with Crippen LogP contribution in [0.5, 0.6) is 0 Å². The second-order valence-electron chi connectivity index (χ2n) is 4.28. The Balaban J connectivity index is 3.86. The smallest absolute Gasteiger partial charge is 0.0747 e. The van der Waals surface area contributed by atoms with Crippen LogP contribution < -0.4 is 5.32 Å². The molecule has 0 saturated heterocycles. The van der Waals surface area contributed by atoms with E-state index in [0.717, 1.165) is 19.6 Å². The van der Waals surface area contributed by atoms with Crippen molar-refractivity contribution in [3.8, 4) is 0 Å². The lowest BCUT2D eigenvalue weighted by molar-refractivity contribution is -0.0150. The molecule has 0 spiro atoms. The predicted octanol–water partition coefficient (Wildman–Crippen LogP) is 2.05. The van der Waals surface area contributed by atoms with Gasteiger partial charge < -0.3 is 10.1 Å². The zero-order valence-corrected chi connectivity index (χ0v) is 9.11. The van der Waals surface area contributed by atoms with E-state index in [9.17, 15) is 0 Å². The summed E-state index contributed by atoms with van der Waals surface area (Å²) in [6.07, 6.45) is 1.42. The average molecular weight is 173 g/mol. The number of likely N-dealkylation sites (N-methyl/N-ethyl adjacent to an activating group) is 1. The van der Waals surface area contributed by atoms with Gasteiger partial charge in [0.25, 0.3) is 0 Å². The molecule has 0 aliphatic rings. The van der Waals surface area contributed by atoms with Crippen molar-refractivity contribution in [1.82, 2.24) is 5.32 Å². The van der Waals surface area contributed by atoms with E-state index >= 15 is 0 Å². The number of hydrogen-bond donors (Lipinski definition) is 1. The molecule has 0 bridgehead atoms. The van der Waals surface area contributed by atoms with Crippen molar-refractivity contribution in [1.29, 1.82) is 0 Å². The van der Waals surface area contributed by atoms with Gasteiger partial charge in [0.15, 0.2) is 0 Å². The van der Waals surface area contributed by atoms with Gasteiger partial charge in [0.1, 0.15) is 0 Å². The first-order chi connectivity index (χ1) is 5.52. The van der Waals surface area contributed by atoms with Crippen molar-refractivity contribution < 1.29 is 4.74 Å². The summed E-state index contributed by atoms with van der Waals surface area (Å²) in [5.41, 5.74) is 0.234. The van der Waals surface area contributed by atoms with Crippen molar-refractivity contribution in [2.24, 2.45) is 5.41 Å². The molecule has 0 aromatic carbocycles. The Bertz CT molecular complexity index is 107. The highest BCUT2D eigenvalue weighted by molar-refractivity contribution is 4.75. The SMILES string of the molecule is CCCOC(CNC)C(C)(C)C. The molecular weight excluding hydrogens is 150 g/mol. The molecule has 0 aromatic heterocycles. The fourth-order valence-corrected chi connectivity index (χ4v) is 1.06. The number of ether oxygens (including phenoxy) is 1. The number of hydrogen-bond acceptors (Lipinski definition) is 2. The van der Waals surface area contributed by atoms with Gasteiger partial charge in [-0.1, -0.05) is 27.7 Å². The van der Waals surface area contributed by atoms with Crippen LogP contribution in [0.25, 0.3) is 0 Å². The summed E-state index contributed by atoms with van der Waals surface area (Å²) in [5, 5.41) is 3.16. The first-order valence-corrected chi connectivity index (χ1v) is 4.78. The van der Waals surface area contributed by atoms with Crippen molar-refractivity contribution in [2.75, 3.05) is 20.2 Å². The highest BCUT2D eigenvalue weighted by atomic mass is 16.5. The molecule has 0 saturated carbocycles. The molecule has 0 radical (unpaired) electrons. The second kappa shape index (κ2) is 5.55. The van der Waals surface area contributed by atoms with Gasteiger partial charge in [0.2, 0.25) is 0 Å². The second-order valence-corrected chi connectivity index (χ2v) is 4.28. The molecule has 1 atom stereocenters. The lowest BCUT2D eigenvalue weighted by Gasteiger charge is -2.30. The summed E-state index contributed by atoms with van der Waals surface area (Å²) in [6.45, 7) is 10.6. The fraction of sp³-hybridized carbons (Fsp3) is 1.00. The molecule has 0 fully saturated rings. The molecule has 74 valence electrons. The normalized spacial score (nSPS) is 14.8. The third-order valence-electron chi connectivity index (χ3n) is 1.88. The van der Waals surface area contributed by atoms with E-state index in [2.05, 4.69) is 33.0 Å². The van der Waals surface area contributed by atoms with Gasteiger partial charge in [-0.2, -0.15) is 0 Å². The van der Waals surface area contributed by atoms with Crippen LogP contribution in [-0.2, 0) is 4.74 Å². The Hall–Kier alpha value is -0.0800. The van der Waals surface area contributed by atoms with E-state index in [1.807, 2.05) is 7.05 Å². The van der Waals surface area contributed by atoms with E-state index in [4.69, 9.17) is 4.74 Å². The van der Waals surface area contributed by atoms with Gasteiger partial charge in [0.05, 0.1) is 6.10 Å². The molecule has 0 heterocycles. The van der Waals surface area contributed by atoms with E-state index in [1.54, 1.807) is 0 Å². The zero-order valence-electron chi connectivity index (χ0n) is 9.11. The van der Waals surface area contributed by atoms with Gasteiger partial charge in [-0.15, -0.1) is 0 Å². The molecule has 2 nitrogen and oxygen atoms in total. The molecule has 12 heavy (non-hydrogen) atoms. The Kier molecular flexibility index (Phi) is 5.51. The molecule has 2 heteroatoms. The molecule has 0 aliphatic heterocycles. The third kappa shape index (κ3) is 4.73. The van der Waals surface area contributed by atoms with Crippen LogP contribution in [0.4, 0.5) is 0 Å². The lowest BCUT2D eigenvalue weighted by Crippen LogP contribution is -2.37. The van der Waals surface area contributed by atoms with E-state index in [0.29, 0.717) is 6.10 Å². The van der Waals surface area contributed by atoms with E-state index < -0.39 is 0 Å². The number of rotatable bonds is 5. The summed E-state index contributed by atoms with van der Waals surface area (Å²) < 4.78 is 5.73. The van der Waals surface area contributed by atoms with Crippen LogP contribution in [0.3, 0.4) is 0 Å². The van der Waals surface area contributed by atoms with Crippen molar-refractivity contribution in [2.45, 2.75) is 40.2 Å². The minimum absolute atomic E-state index is 0.234. The summed E-state index contributed by atoms with van der Waals surface area (Å²) in [5.74, 6) is 0. The quantitative estimate of drug-likeness (QED) is 0.687. The molecule has 0 aliphatic carbocycles.